The van der Waals surface area contributed by atoms with Gasteiger partial charge in [0.2, 0.25) is 0 Å². The second-order valence-electron chi connectivity index (χ2n) is 5.67. The molecule has 0 N–H and O–H groups in total. The van der Waals surface area contributed by atoms with Gasteiger partial charge in [0, 0.05) is 23.4 Å². The number of nitrogens with zero attached hydrogens (tertiary/aromatic N) is 2. The van der Waals surface area contributed by atoms with Gasteiger partial charge in [0.25, 0.3) is 0 Å². The molecule has 1 aromatic rings. The molecule has 110 valence electrons. The summed E-state index contributed by atoms with van der Waals surface area (Å²) in [7, 11) is 0. The van der Waals surface area contributed by atoms with Gasteiger partial charge in [0.1, 0.15) is 0 Å². The maximum atomic E-state index is 8.99. The van der Waals surface area contributed by atoms with E-state index in [2.05, 4.69) is 42.3 Å². The van der Waals surface area contributed by atoms with Crippen molar-refractivity contribution in [1.29, 1.82) is 5.26 Å². The van der Waals surface area contributed by atoms with Gasteiger partial charge < -0.3 is 4.90 Å². The topological polar surface area (TPSA) is 27.0 Å². The Morgan fingerprint density at radius 3 is 2.52 bits per heavy atom. The van der Waals surface area contributed by atoms with E-state index < -0.39 is 0 Å². The molecule has 0 spiro atoms. The van der Waals surface area contributed by atoms with Crippen LogP contribution in [-0.4, -0.2) is 24.5 Å². The summed E-state index contributed by atoms with van der Waals surface area (Å²) in [6.07, 6.45) is 1.95. The number of piperidine rings is 1. The number of halogens is 1. The summed E-state index contributed by atoms with van der Waals surface area (Å²) in [6.45, 7) is 8.81. The number of benzene rings is 1. The van der Waals surface area contributed by atoms with Crippen molar-refractivity contribution in [2.45, 2.75) is 25.7 Å². The molecule has 1 aliphatic rings. The zero-order chi connectivity index (χ0) is 15.2. The summed E-state index contributed by atoms with van der Waals surface area (Å²) in [5.74, 6) is 0.518. The molecule has 1 saturated heterocycles. The average Bonchev–Trinajstić information content (AvgIpc) is 2.53. The molecule has 0 amide bonds. The van der Waals surface area contributed by atoms with Crippen molar-refractivity contribution in [3.63, 3.8) is 0 Å². The fraction of sp³-hybridized carbons (Fsp3) is 0.444. The second-order valence-corrected chi connectivity index (χ2v) is 6.10. The van der Waals surface area contributed by atoms with Gasteiger partial charge in [-0.15, -0.1) is 5.73 Å². The third-order valence-corrected chi connectivity index (χ3v) is 4.54. The first kappa shape index (κ1) is 15.9. The molecule has 0 radical (unpaired) electrons. The minimum Gasteiger partial charge on any atom is -0.302 e. The zero-order valence-electron chi connectivity index (χ0n) is 12.5. The lowest BCUT2D eigenvalue weighted by atomic mass is 9.90. The van der Waals surface area contributed by atoms with Gasteiger partial charge >= 0.3 is 0 Å². The van der Waals surface area contributed by atoms with Crippen LogP contribution in [-0.2, 0) is 0 Å². The summed E-state index contributed by atoms with van der Waals surface area (Å²) in [5, 5.41) is 9.74. The first-order chi connectivity index (χ1) is 10.1. The summed E-state index contributed by atoms with van der Waals surface area (Å²) < 4.78 is 0. The van der Waals surface area contributed by atoms with Crippen LogP contribution >= 0.6 is 11.6 Å². The van der Waals surface area contributed by atoms with Gasteiger partial charge in [-0.25, -0.2) is 0 Å². The molecule has 0 bridgehead atoms. The van der Waals surface area contributed by atoms with Crippen molar-refractivity contribution in [2.75, 3.05) is 19.6 Å². The zero-order valence-corrected chi connectivity index (χ0v) is 13.2. The molecule has 2 rings (SSSR count). The highest BCUT2D eigenvalue weighted by Gasteiger charge is 2.23. The summed E-state index contributed by atoms with van der Waals surface area (Å²) in [6, 6.07) is 10.4. The lowest BCUT2D eigenvalue weighted by molar-refractivity contribution is 0.200. The van der Waals surface area contributed by atoms with E-state index >= 15 is 0 Å². The molecule has 3 heteroatoms. The molecule has 21 heavy (non-hydrogen) atoms. The molecular weight excluding hydrogens is 280 g/mol. The molecule has 1 fully saturated rings. The molecular formula is C18H21ClN2. The number of likely N-dealkylation sites (tertiary alicyclic amines) is 1. The SMILES string of the molecule is C=C=C(C)C(CN1CCC(C#N)CC1)c1ccc(Cl)cc1. The highest BCUT2D eigenvalue weighted by atomic mass is 35.5. The largest absolute Gasteiger partial charge is 0.302 e. The van der Waals surface area contributed by atoms with E-state index in [1.165, 1.54) is 5.56 Å². The Hall–Kier alpha value is -1.52. The molecule has 0 aromatic heterocycles. The van der Waals surface area contributed by atoms with E-state index in [4.69, 9.17) is 16.9 Å². The predicted octanol–water partition coefficient (Wildman–Crippen LogP) is 4.39. The van der Waals surface area contributed by atoms with Crippen LogP contribution in [0.5, 0.6) is 0 Å². The van der Waals surface area contributed by atoms with Crippen LogP contribution in [0.1, 0.15) is 31.2 Å². The van der Waals surface area contributed by atoms with E-state index in [1.807, 2.05) is 12.1 Å². The van der Waals surface area contributed by atoms with E-state index in [0.29, 0.717) is 5.92 Å². The molecule has 1 aromatic carbocycles. The van der Waals surface area contributed by atoms with Gasteiger partial charge in [0.05, 0.1) is 6.07 Å². The fourth-order valence-electron chi connectivity index (χ4n) is 2.81. The quantitative estimate of drug-likeness (QED) is 0.771. The predicted molar refractivity (Wildman–Crippen MR) is 87.3 cm³/mol. The average molecular weight is 301 g/mol. The third kappa shape index (κ3) is 4.22. The van der Waals surface area contributed by atoms with E-state index in [1.54, 1.807) is 0 Å². The Morgan fingerprint density at radius 2 is 2.00 bits per heavy atom. The van der Waals surface area contributed by atoms with Crippen LogP contribution in [0, 0.1) is 17.2 Å². The maximum Gasteiger partial charge on any atom is 0.0656 e. The van der Waals surface area contributed by atoms with Gasteiger partial charge in [0.15, 0.2) is 0 Å². The van der Waals surface area contributed by atoms with Crippen LogP contribution in [0.2, 0.25) is 5.02 Å². The highest BCUT2D eigenvalue weighted by molar-refractivity contribution is 6.30. The van der Waals surface area contributed by atoms with Gasteiger partial charge in [-0.05, 0) is 56.1 Å². The van der Waals surface area contributed by atoms with E-state index in [-0.39, 0.29) is 5.92 Å². The summed E-state index contributed by atoms with van der Waals surface area (Å²) in [4.78, 5) is 2.44. The number of rotatable bonds is 4. The van der Waals surface area contributed by atoms with E-state index in [0.717, 1.165) is 43.1 Å². The van der Waals surface area contributed by atoms with Crippen molar-refractivity contribution < 1.29 is 0 Å². The van der Waals surface area contributed by atoms with Crippen molar-refractivity contribution in [2.24, 2.45) is 5.92 Å². The Balaban J connectivity index is 2.10. The third-order valence-electron chi connectivity index (χ3n) is 4.28. The van der Waals surface area contributed by atoms with Crippen LogP contribution in [0.3, 0.4) is 0 Å². The van der Waals surface area contributed by atoms with Gasteiger partial charge in [-0.2, -0.15) is 5.26 Å². The molecule has 1 heterocycles. The Labute approximate surface area is 132 Å². The number of hydrogen-bond acceptors (Lipinski definition) is 2. The standard InChI is InChI=1S/C18H21ClN2/c1-3-14(2)18(16-4-6-17(19)7-5-16)13-21-10-8-15(12-20)9-11-21/h4-7,15,18H,1,8-11,13H2,2H3. The maximum absolute atomic E-state index is 8.99. The minimum absolute atomic E-state index is 0.228. The van der Waals surface area contributed by atoms with Crippen molar-refractivity contribution >= 4 is 11.6 Å². The normalized spacial score (nSPS) is 17.8. The first-order valence-electron chi connectivity index (χ1n) is 7.38. The van der Waals surface area contributed by atoms with Crippen LogP contribution in [0.4, 0.5) is 0 Å². The Kier molecular flexibility index (Phi) is 5.65. The molecule has 1 unspecified atom stereocenters. The molecule has 0 saturated carbocycles. The van der Waals surface area contributed by atoms with Crippen molar-refractivity contribution in [3.05, 3.63) is 52.7 Å². The van der Waals surface area contributed by atoms with Crippen molar-refractivity contribution in [1.82, 2.24) is 4.90 Å². The van der Waals surface area contributed by atoms with Gasteiger partial charge in [-0.1, -0.05) is 30.3 Å². The Bertz CT molecular complexity index is 556. The van der Waals surface area contributed by atoms with Crippen LogP contribution in [0.15, 0.2) is 42.1 Å². The monoisotopic (exact) mass is 300 g/mol. The fourth-order valence-corrected chi connectivity index (χ4v) is 2.94. The summed E-state index contributed by atoms with van der Waals surface area (Å²) in [5.41, 5.74) is 5.44. The first-order valence-corrected chi connectivity index (χ1v) is 7.75. The van der Waals surface area contributed by atoms with Gasteiger partial charge in [-0.3, -0.25) is 0 Å². The van der Waals surface area contributed by atoms with Crippen molar-refractivity contribution in [3.8, 4) is 6.07 Å². The smallest absolute Gasteiger partial charge is 0.0656 e. The molecule has 0 aliphatic carbocycles. The number of nitriles is 1. The van der Waals surface area contributed by atoms with Crippen LogP contribution in [0.25, 0.3) is 0 Å². The Morgan fingerprint density at radius 1 is 1.38 bits per heavy atom. The minimum atomic E-state index is 0.228. The molecule has 1 atom stereocenters. The highest BCUT2D eigenvalue weighted by Crippen LogP contribution is 2.27. The summed E-state index contributed by atoms with van der Waals surface area (Å²) >= 11 is 5.98. The van der Waals surface area contributed by atoms with Crippen LogP contribution < -0.4 is 0 Å². The number of hydrogen-bond donors (Lipinski definition) is 0. The lowest BCUT2D eigenvalue weighted by Crippen LogP contribution is -2.36. The van der Waals surface area contributed by atoms with E-state index in [9.17, 15) is 0 Å². The second kappa shape index (κ2) is 7.48. The lowest BCUT2D eigenvalue weighted by Gasteiger charge is -2.32. The molecule has 2 nitrogen and oxygen atoms in total. The molecule has 1 aliphatic heterocycles.